The molecule has 7 nitrogen and oxygen atoms in total. The van der Waals surface area contributed by atoms with E-state index in [9.17, 15) is 22.4 Å². The number of nitrogens with one attached hydrogen (secondary N) is 1. The first kappa shape index (κ1) is 22.3. The molecule has 1 aliphatic heterocycles. The van der Waals surface area contributed by atoms with Gasteiger partial charge in [-0.3, -0.25) is 9.59 Å². The molecule has 1 heterocycles. The van der Waals surface area contributed by atoms with Crippen molar-refractivity contribution in [3.63, 3.8) is 0 Å². The third-order valence-electron chi connectivity index (χ3n) is 4.85. The van der Waals surface area contributed by atoms with Gasteiger partial charge in [0.1, 0.15) is 10.7 Å². The number of halogens is 1. The van der Waals surface area contributed by atoms with Crippen molar-refractivity contribution >= 4 is 21.9 Å². The summed E-state index contributed by atoms with van der Waals surface area (Å²) in [5, 5.41) is 0. The minimum atomic E-state index is -4.07. The van der Waals surface area contributed by atoms with E-state index in [2.05, 4.69) is 4.72 Å². The van der Waals surface area contributed by atoms with E-state index in [0.717, 1.165) is 31.4 Å². The highest BCUT2D eigenvalue weighted by Crippen LogP contribution is 2.23. The average molecular weight is 414 g/mol. The number of likely N-dealkylation sites (tertiary alicyclic amines) is 1. The lowest BCUT2D eigenvalue weighted by Crippen LogP contribution is -2.51. The Kier molecular flexibility index (Phi) is 7.54. The zero-order valence-corrected chi connectivity index (χ0v) is 17.2. The zero-order chi connectivity index (χ0) is 20.9. The number of benzene rings is 1. The zero-order valence-electron chi connectivity index (χ0n) is 16.4. The Morgan fingerprint density at radius 2 is 1.86 bits per heavy atom. The lowest BCUT2D eigenvalue weighted by molar-refractivity contribution is -0.162. The number of carbonyl (C=O) groups is 2. The van der Waals surface area contributed by atoms with Gasteiger partial charge in [-0.05, 0) is 52.2 Å². The molecule has 0 aliphatic carbocycles. The smallest absolute Gasteiger partial charge is 0.307 e. The lowest BCUT2D eigenvalue weighted by Gasteiger charge is -2.40. The summed E-state index contributed by atoms with van der Waals surface area (Å²) in [6.45, 7) is 5.20. The summed E-state index contributed by atoms with van der Waals surface area (Å²) >= 11 is 0. The van der Waals surface area contributed by atoms with E-state index in [0.29, 0.717) is 0 Å². The SMILES string of the molecule is C[C@H](OC(=O)CCNS(=O)(=O)c1ccccc1F)C(=O)N1[C@H](C)CCC[C@@H]1C. The normalized spacial score (nSPS) is 21.2. The van der Waals surface area contributed by atoms with Crippen molar-refractivity contribution in [2.75, 3.05) is 6.54 Å². The quantitative estimate of drug-likeness (QED) is 0.691. The van der Waals surface area contributed by atoms with Gasteiger partial charge in [-0.1, -0.05) is 12.1 Å². The van der Waals surface area contributed by atoms with E-state index in [4.69, 9.17) is 4.74 Å². The number of amides is 1. The van der Waals surface area contributed by atoms with E-state index in [-0.39, 0.29) is 31.0 Å². The highest BCUT2D eigenvalue weighted by molar-refractivity contribution is 7.89. The Morgan fingerprint density at radius 3 is 2.46 bits per heavy atom. The van der Waals surface area contributed by atoms with Crippen molar-refractivity contribution in [2.45, 2.75) is 69.5 Å². The summed E-state index contributed by atoms with van der Waals surface area (Å²) in [5.41, 5.74) is 0. The van der Waals surface area contributed by atoms with E-state index in [1.165, 1.54) is 19.1 Å². The molecule has 1 aromatic carbocycles. The van der Waals surface area contributed by atoms with Gasteiger partial charge >= 0.3 is 5.97 Å². The molecule has 1 saturated heterocycles. The number of rotatable bonds is 7. The van der Waals surface area contributed by atoms with Gasteiger partial charge in [0, 0.05) is 18.6 Å². The minimum absolute atomic E-state index is 0.0879. The summed E-state index contributed by atoms with van der Waals surface area (Å²) < 4.78 is 45.1. The van der Waals surface area contributed by atoms with E-state index in [1.807, 2.05) is 13.8 Å². The van der Waals surface area contributed by atoms with Gasteiger partial charge in [0.25, 0.3) is 5.91 Å². The van der Waals surface area contributed by atoms with Crippen LogP contribution in [0.1, 0.15) is 46.5 Å². The molecule has 28 heavy (non-hydrogen) atoms. The predicted molar refractivity (Wildman–Crippen MR) is 101 cm³/mol. The summed E-state index contributed by atoms with van der Waals surface area (Å²) in [6, 6.07) is 5.14. The number of piperidine rings is 1. The Labute approximate surface area is 165 Å². The van der Waals surface area contributed by atoms with Gasteiger partial charge in [0.05, 0.1) is 6.42 Å². The van der Waals surface area contributed by atoms with Crippen LogP contribution in [-0.2, 0) is 24.3 Å². The molecule has 1 amide bonds. The molecular formula is C19H27FN2O5S. The number of hydrogen-bond donors (Lipinski definition) is 1. The predicted octanol–water partition coefficient (Wildman–Crippen LogP) is 2.22. The average Bonchev–Trinajstić information content (AvgIpc) is 2.61. The van der Waals surface area contributed by atoms with Gasteiger partial charge in [0.15, 0.2) is 6.10 Å². The van der Waals surface area contributed by atoms with Crippen LogP contribution in [0.4, 0.5) is 4.39 Å². The second kappa shape index (κ2) is 9.47. The maximum atomic E-state index is 13.6. The highest BCUT2D eigenvalue weighted by Gasteiger charge is 2.33. The van der Waals surface area contributed by atoms with E-state index in [1.54, 1.807) is 4.90 Å². The molecule has 1 aliphatic rings. The standard InChI is InChI=1S/C19H27FN2O5S/c1-13-7-6-8-14(2)22(13)19(24)15(3)27-18(23)11-12-21-28(25,26)17-10-5-4-9-16(17)20/h4-5,9-10,13-15,21H,6-8,11-12H2,1-3H3/t13-,14+,15-/m0/s1. The number of nitrogens with zero attached hydrogens (tertiary/aromatic N) is 1. The van der Waals surface area contributed by atoms with Crippen molar-refractivity contribution in [3.8, 4) is 0 Å². The third kappa shape index (κ3) is 5.51. The largest absolute Gasteiger partial charge is 0.452 e. The van der Waals surface area contributed by atoms with Gasteiger partial charge < -0.3 is 9.64 Å². The molecule has 0 radical (unpaired) electrons. The Hall–Kier alpha value is -2.00. The maximum Gasteiger partial charge on any atom is 0.307 e. The summed E-state index contributed by atoms with van der Waals surface area (Å²) in [5.74, 6) is -1.82. The fraction of sp³-hybridized carbons (Fsp3) is 0.579. The first-order valence-electron chi connectivity index (χ1n) is 9.39. The molecule has 0 unspecified atom stereocenters. The van der Waals surface area contributed by atoms with E-state index >= 15 is 0 Å². The van der Waals surface area contributed by atoms with Crippen molar-refractivity contribution in [1.29, 1.82) is 0 Å². The van der Waals surface area contributed by atoms with Crippen LogP contribution in [-0.4, -0.2) is 49.9 Å². The molecule has 1 N–H and O–H groups in total. The van der Waals surface area contributed by atoms with Crippen LogP contribution in [0, 0.1) is 5.82 Å². The fourth-order valence-corrected chi connectivity index (χ4v) is 4.51. The maximum absolute atomic E-state index is 13.6. The first-order valence-corrected chi connectivity index (χ1v) is 10.9. The molecule has 0 spiro atoms. The Morgan fingerprint density at radius 1 is 1.25 bits per heavy atom. The molecule has 9 heteroatoms. The van der Waals surface area contributed by atoms with Crippen LogP contribution in [0.2, 0.25) is 0 Å². The van der Waals surface area contributed by atoms with E-state index < -0.39 is 32.8 Å². The second-order valence-corrected chi connectivity index (χ2v) is 8.82. The molecule has 0 aromatic heterocycles. The number of esters is 1. The van der Waals surface area contributed by atoms with Gasteiger partial charge in [-0.15, -0.1) is 0 Å². The fourth-order valence-electron chi connectivity index (χ4n) is 3.40. The Bertz CT molecular complexity index is 804. The van der Waals surface area contributed by atoms with Crippen LogP contribution in [0.25, 0.3) is 0 Å². The highest BCUT2D eigenvalue weighted by atomic mass is 32.2. The van der Waals surface area contributed by atoms with Gasteiger partial charge in [-0.25, -0.2) is 17.5 Å². The molecule has 2 rings (SSSR count). The van der Waals surface area contributed by atoms with Crippen LogP contribution in [0.15, 0.2) is 29.2 Å². The number of ether oxygens (including phenoxy) is 1. The minimum Gasteiger partial charge on any atom is -0.452 e. The van der Waals surface area contributed by atoms with Crippen molar-refractivity contribution < 1.29 is 27.1 Å². The second-order valence-electron chi connectivity index (χ2n) is 7.08. The number of sulfonamides is 1. The number of carbonyl (C=O) groups excluding carboxylic acids is 2. The van der Waals surface area contributed by atoms with Gasteiger partial charge in [-0.2, -0.15) is 0 Å². The topological polar surface area (TPSA) is 92.8 Å². The van der Waals surface area contributed by atoms with Crippen LogP contribution in [0.3, 0.4) is 0 Å². The van der Waals surface area contributed by atoms with Crippen molar-refractivity contribution in [2.24, 2.45) is 0 Å². The van der Waals surface area contributed by atoms with Crippen LogP contribution in [0.5, 0.6) is 0 Å². The summed E-state index contributed by atoms with van der Waals surface area (Å²) in [7, 11) is -4.07. The molecule has 3 atom stereocenters. The third-order valence-corrected chi connectivity index (χ3v) is 6.35. The molecular weight excluding hydrogens is 387 g/mol. The summed E-state index contributed by atoms with van der Waals surface area (Å²) in [6.07, 6.45) is 1.67. The van der Waals surface area contributed by atoms with Crippen LogP contribution >= 0.6 is 0 Å². The summed E-state index contributed by atoms with van der Waals surface area (Å²) in [4.78, 5) is 25.9. The Balaban J connectivity index is 1.85. The van der Waals surface area contributed by atoms with Crippen molar-refractivity contribution in [1.82, 2.24) is 9.62 Å². The monoisotopic (exact) mass is 414 g/mol. The molecule has 0 bridgehead atoms. The first-order chi connectivity index (χ1) is 13.1. The molecule has 1 fully saturated rings. The lowest BCUT2D eigenvalue weighted by atomic mass is 9.97. The molecule has 1 aromatic rings. The van der Waals surface area contributed by atoms with Gasteiger partial charge in [0.2, 0.25) is 10.0 Å². The van der Waals surface area contributed by atoms with Crippen molar-refractivity contribution in [3.05, 3.63) is 30.1 Å². The molecule has 156 valence electrons. The van der Waals surface area contributed by atoms with Crippen LogP contribution < -0.4 is 4.72 Å². The number of hydrogen-bond acceptors (Lipinski definition) is 5. The molecule has 0 saturated carbocycles.